The predicted octanol–water partition coefficient (Wildman–Crippen LogP) is 3.38. The molecule has 0 radical (unpaired) electrons. The van der Waals surface area contributed by atoms with Gasteiger partial charge in [-0.25, -0.2) is 0 Å². The van der Waals surface area contributed by atoms with E-state index >= 15 is 0 Å². The van der Waals surface area contributed by atoms with Gasteiger partial charge in [-0.2, -0.15) is 0 Å². The minimum absolute atomic E-state index is 0.650. The van der Waals surface area contributed by atoms with Crippen LogP contribution in [-0.2, 0) is 4.43 Å². The van der Waals surface area contributed by atoms with Gasteiger partial charge in [0.1, 0.15) is 5.75 Å². The molecule has 0 aromatic heterocycles. The Morgan fingerprint density at radius 1 is 0.944 bits per heavy atom. The fourth-order valence-corrected chi connectivity index (χ4v) is 6.16. The summed E-state index contributed by atoms with van der Waals surface area (Å²) in [5.74, 6) is 0.857. The lowest BCUT2D eigenvalue weighted by molar-refractivity contribution is 0.289. The molecule has 0 heterocycles. The lowest BCUT2D eigenvalue weighted by Crippen LogP contribution is -2.51. The average Bonchev–Trinajstić information content (AvgIpc) is 2.41. The van der Waals surface area contributed by atoms with E-state index in [0.29, 0.717) is 6.61 Å². The maximum Gasteiger partial charge on any atom is 0.503 e. The summed E-state index contributed by atoms with van der Waals surface area (Å²) in [6.07, 6.45) is 0. The van der Waals surface area contributed by atoms with E-state index in [4.69, 9.17) is 8.85 Å². The molecule has 18 heavy (non-hydrogen) atoms. The molecular weight excluding hydrogens is 355 g/mol. The van der Waals surface area contributed by atoms with Crippen molar-refractivity contribution in [3.05, 3.63) is 60.7 Å². The van der Waals surface area contributed by atoms with Gasteiger partial charge in [-0.05, 0) is 40.9 Å². The summed E-state index contributed by atoms with van der Waals surface area (Å²) < 4.78 is 12.1. The van der Waals surface area contributed by atoms with Gasteiger partial charge in [0.05, 0.1) is 0 Å². The van der Waals surface area contributed by atoms with Gasteiger partial charge in [0.15, 0.2) is 0 Å². The second-order valence-electron chi connectivity index (χ2n) is 3.75. The Morgan fingerprint density at radius 2 is 1.50 bits per heavy atom. The van der Waals surface area contributed by atoms with E-state index in [1.165, 1.54) is 0 Å². The molecule has 0 bridgehead atoms. The summed E-state index contributed by atoms with van der Waals surface area (Å²) in [5, 5.41) is 1.14. The van der Waals surface area contributed by atoms with Crippen LogP contribution < -0.4 is 9.61 Å². The third kappa shape index (κ3) is 3.34. The number of halogens is 1. The molecular formula is C14H15IO2Si. The lowest BCUT2D eigenvalue weighted by Gasteiger charge is -2.25. The smallest absolute Gasteiger partial charge is 0.503 e. The second-order valence-corrected chi connectivity index (χ2v) is 10.2. The van der Waals surface area contributed by atoms with Gasteiger partial charge in [-0.3, -0.25) is 0 Å². The molecule has 0 spiro atoms. The molecule has 0 N–H and O–H groups in total. The van der Waals surface area contributed by atoms with Crippen LogP contribution in [0.25, 0.3) is 0 Å². The molecule has 0 aliphatic rings. The second kappa shape index (κ2) is 6.35. The highest BCUT2D eigenvalue weighted by molar-refractivity contribution is 14.1. The first-order valence-electron chi connectivity index (χ1n) is 5.87. The number of benzene rings is 2. The first-order valence-corrected chi connectivity index (χ1v) is 10.8. The first-order chi connectivity index (χ1) is 8.74. The fourth-order valence-electron chi connectivity index (χ4n) is 1.63. The Morgan fingerprint density at radius 3 is 2.06 bits per heavy atom. The zero-order valence-corrected chi connectivity index (χ0v) is 13.3. The van der Waals surface area contributed by atoms with Crippen LogP contribution >= 0.6 is 21.8 Å². The van der Waals surface area contributed by atoms with Gasteiger partial charge in [0.25, 0.3) is 0 Å². The van der Waals surface area contributed by atoms with Crippen molar-refractivity contribution in [3.8, 4) is 5.75 Å². The maximum atomic E-state index is 6.13. The fraction of sp³-hybridized carbons (Fsp3) is 0.143. The van der Waals surface area contributed by atoms with E-state index in [2.05, 4.69) is 33.9 Å². The Labute approximate surface area is 121 Å². The van der Waals surface area contributed by atoms with E-state index in [0.717, 1.165) is 10.9 Å². The van der Waals surface area contributed by atoms with E-state index in [-0.39, 0.29) is 0 Å². The first kappa shape index (κ1) is 13.6. The minimum atomic E-state index is -2.40. The Kier molecular flexibility index (Phi) is 4.79. The molecule has 1 atom stereocenters. The van der Waals surface area contributed by atoms with E-state index in [1.54, 1.807) is 0 Å². The van der Waals surface area contributed by atoms with Crippen molar-refractivity contribution in [1.82, 2.24) is 0 Å². The molecule has 2 rings (SSSR count). The zero-order valence-electron chi connectivity index (χ0n) is 10.2. The Hall–Kier alpha value is -0.853. The normalized spacial score (nSPS) is 13.9. The van der Waals surface area contributed by atoms with Gasteiger partial charge >= 0.3 is 6.06 Å². The summed E-state index contributed by atoms with van der Waals surface area (Å²) in [5.41, 5.74) is 0. The number of hydrogen-bond donors (Lipinski definition) is 0. The molecule has 0 aliphatic carbocycles. The van der Waals surface area contributed by atoms with Crippen LogP contribution in [0.5, 0.6) is 5.75 Å². The highest BCUT2D eigenvalue weighted by atomic mass is 127. The van der Waals surface area contributed by atoms with Crippen molar-refractivity contribution < 1.29 is 8.85 Å². The number of para-hydroxylation sites is 1. The Bertz CT molecular complexity index is 478. The monoisotopic (exact) mass is 370 g/mol. The molecule has 0 saturated heterocycles. The van der Waals surface area contributed by atoms with Crippen LogP contribution in [0.1, 0.15) is 6.92 Å². The van der Waals surface area contributed by atoms with Crippen LogP contribution in [0.3, 0.4) is 0 Å². The molecule has 1 unspecified atom stereocenters. The van der Waals surface area contributed by atoms with Gasteiger partial charge in [-0.1, -0.05) is 48.5 Å². The SMILES string of the molecule is CCO[Si](I)(Oc1ccccc1)c1ccccc1. The zero-order chi connectivity index (χ0) is 12.8. The molecule has 4 heteroatoms. The van der Waals surface area contributed by atoms with Crippen LogP contribution in [0.4, 0.5) is 0 Å². The standard InChI is InChI=1S/C14H15IO2Si/c1-2-16-18(15,14-11-7-4-8-12-14)17-13-9-5-3-6-10-13/h3-12H,2H2,1H3. The average molecular weight is 370 g/mol. The van der Waals surface area contributed by atoms with Crippen molar-refractivity contribution in [1.29, 1.82) is 0 Å². The molecule has 0 fully saturated rings. The third-order valence-corrected chi connectivity index (χ3v) is 8.09. The number of rotatable bonds is 5. The molecule has 2 aromatic rings. The highest BCUT2D eigenvalue weighted by Crippen LogP contribution is 2.21. The van der Waals surface area contributed by atoms with Gasteiger partial charge in [-0.15, -0.1) is 0 Å². The lowest BCUT2D eigenvalue weighted by atomic mass is 10.3. The van der Waals surface area contributed by atoms with E-state index in [9.17, 15) is 0 Å². The molecule has 0 saturated carbocycles. The van der Waals surface area contributed by atoms with Gasteiger partial charge in [0, 0.05) is 11.8 Å². The molecule has 94 valence electrons. The molecule has 0 aliphatic heterocycles. The predicted molar refractivity (Wildman–Crippen MR) is 84.5 cm³/mol. The number of hydrogen-bond acceptors (Lipinski definition) is 2. The van der Waals surface area contributed by atoms with Crippen LogP contribution in [-0.4, -0.2) is 12.7 Å². The summed E-state index contributed by atoms with van der Waals surface area (Å²) in [6.45, 7) is 2.65. The van der Waals surface area contributed by atoms with E-state index in [1.807, 2.05) is 55.5 Å². The topological polar surface area (TPSA) is 18.5 Å². The van der Waals surface area contributed by atoms with Gasteiger partial charge < -0.3 is 8.85 Å². The van der Waals surface area contributed by atoms with Crippen molar-refractivity contribution in [2.75, 3.05) is 6.61 Å². The van der Waals surface area contributed by atoms with Crippen molar-refractivity contribution >= 4 is 33.0 Å². The summed E-state index contributed by atoms with van der Waals surface area (Å²) in [4.78, 5) is 0. The maximum absolute atomic E-state index is 6.13. The van der Waals surface area contributed by atoms with Crippen molar-refractivity contribution in [2.24, 2.45) is 0 Å². The van der Waals surface area contributed by atoms with Gasteiger partial charge in [0.2, 0.25) is 0 Å². The highest BCUT2D eigenvalue weighted by Gasteiger charge is 2.39. The molecule has 2 aromatic carbocycles. The molecule has 0 amide bonds. The largest absolute Gasteiger partial charge is 0.510 e. The van der Waals surface area contributed by atoms with Crippen LogP contribution in [0.15, 0.2) is 60.7 Å². The van der Waals surface area contributed by atoms with Crippen LogP contribution in [0, 0.1) is 0 Å². The van der Waals surface area contributed by atoms with Crippen molar-refractivity contribution in [3.63, 3.8) is 0 Å². The summed E-state index contributed by atoms with van der Waals surface area (Å²) >= 11 is 2.34. The van der Waals surface area contributed by atoms with Crippen LogP contribution in [0.2, 0.25) is 0 Å². The quantitative estimate of drug-likeness (QED) is 0.457. The molecule has 2 nitrogen and oxygen atoms in total. The van der Waals surface area contributed by atoms with Crippen molar-refractivity contribution in [2.45, 2.75) is 6.92 Å². The summed E-state index contributed by atoms with van der Waals surface area (Å²) in [6, 6.07) is 17.6. The van der Waals surface area contributed by atoms with E-state index < -0.39 is 6.06 Å². The Balaban J connectivity index is 2.27. The minimum Gasteiger partial charge on any atom is -0.510 e. The third-order valence-electron chi connectivity index (χ3n) is 2.44. The summed E-state index contributed by atoms with van der Waals surface area (Å²) in [7, 11) is 0.